The van der Waals surface area contributed by atoms with Crippen LogP contribution in [-0.4, -0.2) is 23.1 Å². The van der Waals surface area contributed by atoms with Crippen LogP contribution in [0.25, 0.3) is 0 Å². The molecule has 0 aromatic rings. The van der Waals surface area contributed by atoms with E-state index in [1.54, 1.807) is 0 Å². The number of carbonyl (C=O) groups excluding carboxylic acids is 3. The van der Waals surface area contributed by atoms with Crippen molar-refractivity contribution in [1.29, 1.82) is 0 Å². The zero-order chi connectivity index (χ0) is 12.7. The number of hydrogen-bond donors (Lipinski definition) is 0. The summed E-state index contributed by atoms with van der Waals surface area (Å²) in [5, 5.41) is 0.105. The van der Waals surface area contributed by atoms with Gasteiger partial charge in [-0.25, -0.2) is 9.59 Å². The van der Waals surface area contributed by atoms with Gasteiger partial charge in [0.05, 0.1) is 0 Å². The molecule has 0 fully saturated rings. The van der Waals surface area contributed by atoms with Crippen LogP contribution in [0, 0.1) is 0 Å². The molecule has 0 aliphatic heterocycles. The molecule has 0 saturated carbocycles. The molecule has 0 radical (unpaired) electrons. The van der Waals surface area contributed by atoms with Gasteiger partial charge >= 0.3 is 17.8 Å². The third-order valence-electron chi connectivity index (χ3n) is 1.21. The molecular formula is C10H11NO5. The van der Waals surface area contributed by atoms with E-state index in [9.17, 15) is 14.4 Å². The minimum absolute atomic E-state index is 0.0384. The molecule has 6 heteroatoms. The quantitative estimate of drug-likeness (QED) is 0.521. The molecule has 0 heterocycles. The van der Waals surface area contributed by atoms with Gasteiger partial charge in [0.25, 0.3) is 0 Å². The van der Waals surface area contributed by atoms with Gasteiger partial charge in [0.2, 0.25) is 0 Å². The van der Waals surface area contributed by atoms with Crippen molar-refractivity contribution in [1.82, 2.24) is 5.23 Å². The second-order valence-corrected chi connectivity index (χ2v) is 2.57. The molecule has 0 N–H and O–H groups in total. The summed E-state index contributed by atoms with van der Waals surface area (Å²) in [4.78, 5) is 41.8. The van der Waals surface area contributed by atoms with Gasteiger partial charge in [-0.15, -0.1) is 0 Å². The van der Waals surface area contributed by atoms with Crippen LogP contribution in [-0.2, 0) is 24.1 Å². The molecule has 0 aromatic carbocycles. The molecule has 0 spiro atoms. The van der Waals surface area contributed by atoms with E-state index in [0.29, 0.717) is 0 Å². The Balaban J connectivity index is 4.68. The van der Waals surface area contributed by atoms with Gasteiger partial charge in [-0.1, -0.05) is 19.7 Å². The SMILES string of the molecule is C=CC(=O)ON(OC(=O)C(=C)C)C(=O)C=C. The van der Waals surface area contributed by atoms with E-state index >= 15 is 0 Å². The van der Waals surface area contributed by atoms with E-state index in [4.69, 9.17) is 0 Å². The van der Waals surface area contributed by atoms with Crippen LogP contribution in [0.15, 0.2) is 37.5 Å². The van der Waals surface area contributed by atoms with Crippen molar-refractivity contribution < 1.29 is 24.1 Å². The van der Waals surface area contributed by atoms with Crippen molar-refractivity contribution in [3.8, 4) is 0 Å². The van der Waals surface area contributed by atoms with Crippen molar-refractivity contribution in [2.75, 3.05) is 0 Å². The smallest absolute Gasteiger partial charge is 0.298 e. The first-order valence-electron chi connectivity index (χ1n) is 4.11. The monoisotopic (exact) mass is 225 g/mol. The molecule has 0 aromatic heterocycles. The number of hydroxylamine groups is 2. The summed E-state index contributed by atoms with van der Waals surface area (Å²) < 4.78 is 0. The predicted octanol–water partition coefficient (Wildman–Crippen LogP) is 0.679. The van der Waals surface area contributed by atoms with Gasteiger partial charge < -0.3 is 0 Å². The molecule has 0 atom stereocenters. The lowest BCUT2D eigenvalue weighted by Crippen LogP contribution is -2.34. The van der Waals surface area contributed by atoms with Gasteiger partial charge in [-0.2, -0.15) is 0 Å². The average Bonchev–Trinajstić information content (AvgIpc) is 2.26. The van der Waals surface area contributed by atoms with E-state index in [2.05, 4.69) is 29.4 Å². The first-order chi connectivity index (χ1) is 7.42. The van der Waals surface area contributed by atoms with Crippen molar-refractivity contribution in [2.45, 2.75) is 6.92 Å². The normalized spacial score (nSPS) is 8.56. The van der Waals surface area contributed by atoms with Crippen LogP contribution < -0.4 is 0 Å². The lowest BCUT2D eigenvalue weighted by atomic mass is 10.4. The van der Waals surface area contributed by atoms with Crippen LogP contribution in [0.4, 0.5) is 0 Å². The maximum Gasteiger partial charge on any atom is 0.362 e. The lowest BCUT2D eigenvalue weighted by molar-refractivity contribution is -0.299. The molecule has 0 aliphatic rings. The van der Waals surface area contributed by atoms with E-state index < -0.39 is 17.8 Å². The third-order valence-corrected chi connectivity index (χ3v) is 1.21. The Morgan fingerprint density at radius 3 is 2.06 bits per heavy atom. The number of amides is 1. The van der Waals surface area contributed by atoms with E-state index in [1.165, 1.54) is 6.92 Å². The van der Waals surface area contributed by atoms with Crippen molar-refractivity contribution in [3.63, 3.8) is 0 Å². The molecule has 0 aliphatic carbocycles. The fourth-order valence-electron chi connectivity index (χ4n) is 0.455. The van der Waals surface area contributed by atoms with Crippen molar-refractivity contribution in [3.05, 3.63) is 37.5 Å². The Labute approximate surface area is 92.3 Å². The average molecular weight is 225 g/mol. The lowest BCUT2D eigenvalue weighted by Gasteiger charge is -2.16. The van der Waals surface area contributed by atoms with E-state index in [1.807, 2.05) is 0 Å². The van der Waals surface area contributed by atoms with E-state index in [0.717, 1.165) is 12.2 Å². The molecule has 0 rings (SSSR count). The number of nitrogens with zero attached hydrogens (tertiary/aromatic N) is 1. The summed E-state index contributed by atoms with van der Waals surface area (Å²) in [6.07, 6.45) is 1.61. The van der Waals surface area contributed by atoms with Gasteiger partial charge in [-0.05, 0) is 6.92 Å². The van der Waals surface area contributed by atoms with Crippen molar-refractivity contribution in [2.24, 2.45) is 0 Å². The topological polar surface area (TPSA) is 72.9 Å². The first-order valence-corrected chi connectivity index (χ1v) is 4.11. The minimum Gasteiger partial charge on any atom is -0.298 e. The predicted molar refractivity (Wildman–Crippen MR) is 54.2 cm³/mol. The number of rotatable bonds is 3. The summed E-state index contributed by atoms with van der Waals surface area (Å²) in [5.41, 5.74) is 0.0384. The highest BCUT2D eigenvalue weighted by atomic mass is 17.0. The Morgan fingerprint density at radius 1 is 1.12 bits per heavy atom. The Bertz CT molecular complexity index is 358. The van der Waals surface area contributed by atoms with E-state index in [-0.39, 0.29) is 10.8 Å². The Kier molecular flexibility index (Phi) is 5.26. The number of hydrogen-bond acceptors (Lipinski definition) is 5. The Hall–Kier alpha value is -2.37. The van der Waals surface area contributed by atoms with Crippen LogP contribution in [0.3, 0.4) is 0 Å². The Morgan fingerprint density at radius 2 is 1.69 bits per heavy atom. The maximum atomic E-state index is 11.1. The first kappa shape index (κ1) is 13.6. The maximum absolute atomic E-state index is 11.1. The zero-order valence-corrected chi connectivity index (χ0v) is 8.76. The molecule has 0 unspecified atom stereocenters. The fourth-order valence-corrected chi connectivity index (χ4v) is 0.455. The molecule has 6 nitrogen and oxygen atoms in total. The highest BCUT2D eigenvalue weighted by molar-refractivity contribution is 5.91. The zero-order valence-electron chi connectivity index (χ0n) is 8.76. The third kappa shape index (κ3) is 4.23. The number of carbonyl (C=O) groups is 3. The van der Waals surface area contributed by atoms with Gasteiger partial charge in [0, 0.05) is 23.0 Å². The molecule has 1 amide bonds. The summed E-state index contributed by atoms with van der Waals surface area (Å²) in [6.45, 7) is 10.9. The standard InChI is InChI=1S/C10H11NO5/c1-5-8(12)11(15-9(13)6-2)16-10(14)7(3)4/h5-6H,1-3H2,4H3. The summed E-state index contributed by atoms with van der Waals surface area (Å²) in [7, 11) is 0. The van der Waals surface area contributed by atoms with Crippen LogP contribution in [0.2, 0.25) is 0 Å². The second-order valence-electron chi connectivity index (χ2n) is 2.57. The minimum atomic E-state index is -0.954. The fraction of sp³-hybridized carbons (Fsp3) is 0.100. The largest absolute Gasteiger partial charge is 0.362 e. The van der Waals surface area contributed by atoms with Crippen molar-refractivity contribution >= 4 is 17.8 Å². The summed E-state index contributed by atoms with van der Waals surface area (Å²) >= 11 is 0. The highest BCUT2D eigenvalue weighted by Gasteiger charge is 2.20. The summed E-state index contributed by atoms with van der Waals surface area (Å²) in [6, 6.07) is 0. The van der Waals surface area contributed by atoms with Gasteiger partial charge in [0.15, 0.2) is 0 Å². The van der Waals surface area contributed by atoms with Gasteiger partial charge in [-0.3, -0.25) is 14.5 Å². The van der Waals surface area contributed by atoms with Crippen LogP contribution in [0.5, 0.6) is 0 Å². The molecule has 86 valence electrons. The van der Waals surface area contributed by atoms with Crippen LogP contribution >= 0.6 is 0 Å². The second kappa shape index (κ2) is 6.18. The molecule has 0 bridgehead atoms. The summed E-state index contributed by atoms with van der Waals surface area (Å²) in [5.74, 6) is -2.78. The molecular weight excluding hydrogens is 214 g/mol. The van der Waals surface area contributed by atoms with Gasteiger partial charge in [0.1, 0.15) is 0 Å². The molecule has 0 saturated heterocycles. The highest BCUT2D eigenvalue weighted by Crippen LogP contribution is 2.01. The molecule has 16 heavy (non-hydrogen) atoms. The van der Waals surface area contributed by atoms with Crippen LogP contribution in [0.1, 0.15) is 6.92 Å².